The summed E-state index contributed by atoms with van der Waals surface area (Å²) in [7, 11) is 0. The van der Waals surface area contributed by atoms with E-state index in [1.165, 1.54) is 0 Å². The average Bonchev–Trinajstić information content (AvgIpc) is 3.05. The molecule has 1 heterocycles. The zero-order valence-corrected chi connectivity index (χ0v) is 12.8. The fraction of sp³-hybridized carbons (Fsp3) is 0.111. The Morgan fingerprint density at radius 2 is 1.73 bits per heavy atom. The van der Waals surface area contributed by atoms with Gasteiger partial charge in [-0.15, -0.1) is 11.3 Å². The van der Waals surface area contributed by atoms with Crippen molar-refractivity contribution in [3.63, 3.8) is 0 Å². The summed E-state index contributed by atoms with van der Waals surface area (Å²) in [6.45, 7) is 0.593. The lowest BCUT2D eigenvalue weighted by atomic mass is 10.2. The molecule has 0 bridgehead atoms. The van der Waals surface area contributed by atoms with Crippen LogP contribution in [0.15, 0.2) is 66.0 Å². The van der Waals surface area contributed by atoms with Crippen LogP contribution in [0.3, 0.4) is 0 Å². The molecule has 0 saturated heterocycles. The number of thiazole rings is 1. The Morgan fingerprint density at radius 1 is 1.05 bits per heavy atom. The van der Waals surface area contributed by atoms with Crippen LogP contribution >= 0.6 is 11.3 Å². The first kappa shape index (κ1) is 14.5. The van der Waals surface area contributed by atoms with Gasteiger partial charge in [-0.25, -0.2) is 4.98 Å². The molecule has 0 aliphatic heterocycles. The Balaban J connectivity index is 1.55. The second-order valence-electron chi connectivity index (χ2n) is 4.86. The Morgan fingerprint density at radius 3 is 2.45 bits per heavy atom. The second kappa shape index (κ2) is 7.00. The molecule has 22 heavy (non-hydrogen) atoms. The normalized spacial score (nSPS) is 10.4. The van der Waals surface area contributed by atoms with Gasteiger partial charge in [-0.1, -0.05) is 48.5 Å². The summed E-state index contributed by atoms with van der Waals surface area (Å²) < 4.78 is 0. The van der Waals surface area contributed by atoms with E-state index in [0.717, 1.165) is 22.7 Å². The highest BCUT2D eigenvalue weighted by atomic mass is 32.1. The van der Waals surface area contributed by atoms with E-state index in [9.17, 15) is 4.79 Å². The molecule has 1 N–H and O–H groups in total. The van der Waals surface area contributed by atoms with E-state index < -0.39 is 0 Å². The quantitative estimate of drug-likeness (QED) is 0.779. The third-order valence-electron chi connectivity index (χ3n) is 3.28. The van der Waals surface area contributed by atoms with Gasteiger partial charge in [0.15, 0.2) is 0 Å². The van der Waals surface area contributed by atoms with Crippen molar-refractivity contribution in [1.82, 2.24) is 10.3 Å². The highest BCUT2D eigenvalue weighted by Crippen LogP contribution is 2.21. The van der Waals surface area contributed by atoms with Crippen LogP contribution in [0.25, 0.3) is 11.3 Å². The van der Waals surface area contributed by atoms with Crippen LogP contribution in [0.5, 0.6) is 0 Å². The lowest BCUT2D eigenvalue weighted by Crippen LogP contribution is -2.25. The van der Waals surface area contributed by atoms with E-state index >= 15 is 0 Å². The first-order chi connectivity index (χ1) is 10.8. The third-order valence-corrected chi connectivity index (χ3v) is 4.19. The van der Waals surface area contributed by atoms with Crippen LogP contribution in [0.4, 0.5) is 0 Å². The maximum absolute atomic E-state index is 11.9. The molecular formula is C18H16N2OS. The number of rotatable bonds is 5. The zero-order chi connectivity index (χ0) is 15.2. The van der Waals surface area contributed by atoms with Gasteiger partial charge in [0.05, 0.1) is 10.7 Å². The summed E-state index contributed by atoms with van der Waals surface area (Å²) in [5, 5.41) is 6.02. The number of hydrogen-bond donors (Lipinski definition) is 1. The van der Waals surface area contributed by atoms with Crippen molar-refractivity contribution in [2.75, 3.05) is 6.54 Å². The minimum Gasteiger partial charge on any atom is -0.352 e. The molecule has 0 saturated carbocycles. The maximum atomic E-state index is 11.9. The van der Waals surface area contributed by atoms with Crippen LogP contribution in [0, 0.1) is 0 Å². The van der Waals surface area contributed by atoms with Crippen molar-refractivity contribution in [3.8, 4) is 11.3 Å². The molecule has 0 fully saturated rings. The average molecular weight is 310 g/mol. The van der Waals surface area contributed by atoms with E-state index in [-0.39, 0.29) is 5.91 Å². The van der Waals surface area contributed by atoms with Crippen molar-refractivity contribution in [1.29, 1.82) is 0 Å². The summed E-state index contributed by atoms with van der Waals surface area (Å²) >= 11 is 1.63. The van der Waals surface area contributed by atoms with Crippen molar-refractivity contribution in [2.45, 2.75) is 6.42 Å². The molecule has 3 nitrogen and oxygen atoms in total. The second-order valence-corrected chi connectivity index (χ2v) is 5.81. The summed E-state index contributed by atoms with van der Waals surface area (Å²) in [5.74, 6) is -0.0413. The predicted octanol–water partition coefficient (Wildman–Crippen LogP) is 3.78. The smallest absolute Gasteiger partial charge is 0.251 e. The molecule has 110 valence electrons. The highest BCUT2D eigenvalue weighted by Gasteiger charge is 2.06. The molecule has 0 radical (unpaired) electrons. The molecule has 0 aliphatic carbocycles. The Kier molecular flexibility index (Phi) is 4.61. The minimum absolute atomic E-state index is 0.0413. The van der Waals surface area contributed by atoms with Gasteiger partial charge in [-0.05, 0) is 12.1 Å². The molecule has 0 aliphatic rings. The van der Waals surface area contributed by atoms with Gasteiger partial charge < -0.3 is 5.32 Å². The lowest BCUT2D eigenvalue weighted by molar-refractivity contribution is 0.0954. The standard InChI is InChI=1S/C18H16N2OS/c21-18(15-9-5-2-6-10-15)19-12-11-17-20-16(13-22-17)14-7-3-1-4-8-14/h1-10,13H,11-12H2,(H,19,21)/i16+2. The van der Waals surface area contributed by atoms with Gasteiger partial charge in [0.2, 0.25) is 0 Å². The number of carbonyl (C=O) groups is 1. The topological polar surface area (TPSA) is 42.0 Å². The number of nitrogens with zero attached hydrogens (tertiary/aromatic N) is 1. The number of carbonyl (C=O) groups excluding carboxylic acids is 1. The fourth-order valence-electron chi connectivity index (χ4n) is 2.14. The van der Waals surface area contributed by atoms with Gasteiger partial charge in [0.1, 0.15) is 0 Å². The van der Waals surface area contributed by atoms with Crippen LogP contribution in [0.1, 0.15) is 15.4 Å². The third kappa shape index (κ3) is 3.59. The molecule has 3 rings (SSSR count). The Hall–Kier alpha value is -2.46. The van der Waals surface area contributed by atoms with E-state index in [4.69, 9.17) is 0 Å². The molecule has 4 heteroatoms. The molecule has 0 spiro atoms. The highest BCUT2D eigenvalue weighted by molar-refractivity contribution is 7.09. The Labute approximate surface area is 133 Å². The number of nitrogens with one attached hydrogen (secondary N) is 1. The molecule has 3 aromatic rings. The fourth-order valence-corrected chi connectivity index (χ4v) is 2.95. The van der Waals surface area contributed by atoms with Crippen molar-refractivity contribution in [2.24, 2.45) is 0 Å². The van der Waals surface area contributed by atoms with Gasteiger partial charge in [-0.2, -0.15) is 0 Å². The molecular weight excluding hydrogens is 294 g/mol. The lowest BCUT2D eigenvalue weighted by Gasteiger charge is -2.03. The number of hydrogen-bond acceptors (Lipinski definition) is 3. The van der Waals surface area contributed by atoms with Crippen LogP contribution in [-0.4, -0.2) is 17.4 Å². The predicted molar refractivity (Wildman–Crippen MR) is 90.0 cm³/mol. The zero-order valence-electron chi connectivity index (χ0n) is 12.0. The number of benzene rings is 2. The van der Waals surface area contributed by atoms with Crippen molar-refractivity contribution >= 4 is 17.2 Å². The minimum atomic E-state index is -0.0413. The molecule has 2 aromatic carbocycles. The van der Waals surface area contributed by atoms with Crippen LogP contribution in [-0.2, 0) is 6.42 Å². The van der Waals surface area contributed by atoms with Crippen LogP contribution in [0.2, 0.25) is 0 Å². The number of aromatic nitrogens is 1. The van der Waals surface area contributed by atoms with E-state index in [1.807, 2.05) is 48.5 Å². The van der Waals surface area contributed by atoms with Gasteiger partial charge in [0.25, 0.3) is 5.91 Å². The van der Waals surface area contributed by atoms with E-state index in [1.54, 1.807) is 11.3 Å². The van der Waals surface area contributed by atoms with Crippen molar-refractivity contribution < 1.29 is 4.79 Å². The first-order valence-corrected chi connectivity index (χ1v) is 8.04. The maximum Gasteiger partial charge on any atom is 0.251 e. The summed E-state index contributed by atoms with van der Waals surface area (Å²) in [4.78, 5) is 16.6. The summed E-state index contributed by atoms with van der Waals surface area (Å²) in [6.07, 6.45) is 0.746. The molecule has 1 aromatic heterocycles. The van der Waals surface area contributed by atoms with Crippen molar-refractivity contribution in [3.05, 3.63) is 76.6 Å². The SMILES string of the molecule is O=C(NCCc1n[14c](-c2ccccc2)cs1)c1ccccc1. The number of amides is 1. The van der Waals surface area contributed by atoms with Gasteiger partial charge in [0, 0.05) is 29.5 Å². The Bertz CT molecular complexity index is 738. The summed E-state index contributed by atoms with van der Waals surface area (Å²) in [6, 6.07) is 19.4. The molecule has 1 amide bonds. The molecule has 0 unspecified atom stereocenters. The first-order valence-electron chi connectivity index (χ1n) is 7.16. The van der Waals surface area contributed by atoms with Gasteiger partial charge >= 0.3 is 0 Å². The van der Waals surface area contributed by atoms with E-state index in [0.29, 0.717) is 12.1 Å². The van der Waals surface area contributed by atoms with E-state index in [2.05, 4.69) is 27.8 Å². The largest absolute Gasteiger partial charge is 0.352 e. The van der Waals surface area contributed by atoms with Gasteiger partial charge in [-0.3, -0.25) is 4.79 Å². The monoisotopic (exact) mass is 310 g/mol. The molecule has 0 atom stereocenters. The summed E-state index contributed by atoms with van der Waals surface area (Å²) in [5.41, 5.74) is 2.81. The van der Waals surface area contributed by atoms with Crippen LogP contribution < -0.4 is 5.32 Å².